The van der Waals surface area contributed by atoms with Gasteiger partial charge in [-0.25, -0.2) is 17.8 Å². The van der Waals surface area contributed by atoms with Crippen molar-refractivity contribution in [2.75, 3.05) is 0 Å². The maximum atomic E-state index is 13.3. The highest BCUT2D eigenvalue weighted by atomic mass is 32.2. The normalized spacial score (nSPS) is 13.0. The Bertz CT molecular complexity index is 1020. The number of rotatable bonds is 5. The minimum absolute atomic E-state index is 0.0101. The molecule has 0 saturated carbocycles. The summed E-state index contributed by atoms with van der Waals surface area (Å²) in [5, 5.41) is 9.65. The molecule has 0 aliphatic carbocycles. The fourth-order valence-corrected chi connectivity index (χ4v) is 3.66. The van der Waals surface area contributed by atoms with Crippen molar-refractivity contribution in [3.05, 3.63) is 60.2 Å². The molecule has 3 N–H and O–H groups in total. The Morgan fingerprint density at radius 2 is 2.08 bits per heavy atom. The predicted octanol–water partition coefficient (Wildman–Crippen LogP) is 1.81. The lowest BCUT2D eigenvalue weighted by Crippen LogP contribution is -2.33. The minimum Gasteiger partial charge on any atom is -0.480 e. The number of aromatic amines is 1. The number of carboxylic acid groups (broad SMARTS) is 1. The van der Waals surface area contributed by atoms with Crippen molar-refractivity contribution in [2.45, 2.75) is 10.9 Å². The number of hydrogen-bond donors (Lipinski definition) is 3. The number of carbonyl (C=O) groups is 1. The molecule has 0 bridgehead atoms. The second-order valence-corrected chi connectivity index (χ2v) is 6.68. The summed E-state index contributed by atoms with van der Waals surface area (Å²) < 4.78 is 40.5. The number of sulfonamides is 1. The number of fused-ring (bicyclic) bond motifs is 1. The van der Waals surface area contributed by atoms with Gasteiger partial charge in [0.05, 0.1) is 0 Å². The van der Waals surface area contributed by atoms with E-state index in [1.807, 2.05) is 0 Å². The summed E-state index contributed by atoms with van der Waals surface area (Å²) in [5.41, 5.74) is 0.347. The molecule has 1 aromatic carbocycles. The Hall–Kier alpha value is -2.78. The highest BCUT2D eigenvalue weighted by Gasteiger charge is 2.29. The van der Waals surface area contributed by atoms with Crippen LogP contribution >= 0.6 is 0 Å². The Labute approximate surface area is 136 Å². The van der Waals surface area contributed by atoms with Gasteiger partial charge in [0, 0.05) is 17.8 Å². The molecule has 24 heavy (non-hydrogen) atoms. The van der Waals surface area contributed by atoms with Crippen molar-refractivity contribution in [1.29, 1.82) is 0 Å². The van der Waals surface area contributed by atoms with Crippen LogP contribution in [0.4, 0.5) is 4.39 Å². The van der Waals surface area contributed by atoms with Crippen LogP contribution in [0.15, 0.2) is 53.7 Å². The molecule has 2 heterocycles. The number of halogens is 1. The molecule has 0 aliphatic rings. The number of benzene rings is 1. The third-order valence-electron chi connectivity index (χ3n) is 3.40. The van der Waals surface area contributed by atoms with Crippen LogP contribution in [0.2, 0.25) is 0 Å². The first kappa shape index (κ1) is 16.1. The molecule has 9 heteroatoms. The second kappa shape index (κ2) is 6.02. The number of nitrogens with zero attached hydrogens (tertiary/aromatic N) is 1. The Morgan fingerprint density at radius 3 is 2.79 bits per heavy atom. The molecule has 0 aliphatic heterocycles. The Kier molecular flexibility index (Phi) is 4.04. The zero-order valence-corrected chi connectivity index (χ0v) is 12.9. The molecule has 2 aromatic heterocycles. The van der Waals surface area contributed by atoms with Gasteiger partial charge in [-0.15, -0.1) is 0 Å². The van der Waals surface area contributed by atoms with Gasteiger partial charge < -0.3 is 10.1 Å². The third kappa shape index (κ3) is 2.99. The summed E-state index contributed by atoms with van der Waals surface area (Å²) in [4.78, 5) is 18.0. The topological polar surface area (TPSA) is 112 Å². The van der Waals surface area contributed by atoms with Crippen LogP contribution in [0, 0.1) is 5.82 Å². The van der Waals surface area contributed by atoms with Crippen molar-refractivity contribution in [3.8, 4) is 0 Å². The van der Waals surface area contributed by atoms with Gasteiger partial charge >= 0.3 is 5.97 Å². The van der Waals surface area contributed by atoms with Gasteiger partial charge in [0.1, 0.15) is 22.4 Å². The van der Waals surface area contributed by atoms with E-state index < -0.39 is 27.9 Å². The quantitative estimate of drug-likeness (QED) is 0.650. The van der Waals surface area contributed by atoms with Crippen LogP contribution in [0.1, 0.15) is 11.6 Å². The molecule has 0 spiro atoms. The van der Waals surface area contributed by atoms with Gasteiger partial charge in [0.2, 0.25) is 10.0 Å². The van der Waals surface area contributed by atoms with Crippen LogP contribution in [0.3, 0.4) is 0 Å². The van der Waals surface area contributed by atoms with Crippen LogP contribution in [-0.2, 0) is 14.8 Å². The lowest BCUT2D eigenvalue weighted by molar-refractivity contribution is -0.139. The molecule has 3 rings (SSSR count). The van der Waals surface area contributed by atoms with E-state index in [2.05, 4.69) is 14.7 Å². The van der Waals surface area contributed by atoms with Gasteiger partial charge in [-0.1, -0.05) is 12.1 Å². The van der Waals surface area contributed by atoms with E-state index in [4.69, 9.17) is 0 Å². The maximum absolute atomic E-state index is 13.3. The average molecular weight is 349 g/mol. The molecule has 7 nitrogen and oxygen atoms in total. The number of pyridine rings is 1. The Morgan fingerprint density at radius 1 is 1.29 bits per heavy atom. The average Bonchev–Trinajstić information content (AvgIpc) is 2.97. The molecular formula is C15H12FN3O4S. The summed E-state index contributed by atoms with van der Waals surface area (Å²) in [6, 6.07) is 6.25. The fourth-order valence-electron chi connectivity index (χ4n) is 2.32. The SMILES string of the molecule is O=C(O)C(NS(=O)(=O)c1c[nH]c2ncccc12)c1cccc(F)c1. The first-order valence-electron chi connectivity index (χ1n) is 6.81. The summed E-state index contributed by atoms with van der Waals surface area (Å²) in [6.45, 7) is 0. The lowest BCUT2D eigenvalue weighted by Gasteiger charge is -2.15. The molecule has 3 aromatic rings. The third-order valence-corrected chi connectivity index (χ3v) is 4.87. The Balaban J connectivity index is 2.01. The zero-order chi connectivity index (χ0) is 17.3. The summed E-state index contributed by atoms with van der Waals surface area (Å²) >= 11 is 0. The fraction of sp³-hybridized carbons (Fsp3) is 0.0667. The summed E-state index contributed by atoms with van der Waals surface area (Å²) in [6.07, 6.45) is 2.72. The van der Waals surface area contributed by atoms with E-state index in [1.54, 1.807) is 12.1 Å². The van der Waals surface area contributed by atoms with Gasteiger partial charge in [-0.05, 0) is 29.8 Å². The van der Waals surface area contributed by atoms with Crippen LogP contribution < -0.4 is 4.72 Å². The molecular weight excluding hydrogens is 337 g/mol. The number of aliphatic carboxylic acids is 1. The van der Waals surface area contributed by atoms with Crippen molar-refractivity contribution >= 4 is 27.0 Å². The van der Waals surface area contributed by atoms with Crippen LogP contribution in [0.5, 0.6) is 0 Å². The van der Waals surface area contributed by atoms with E-state index in [0.29, 0.717) is 11.0 Å². The lowest BCUT2D eigenvalue weighted by atomic mass is 10.1. The smallest absolute Gasteiger partial charge is 0.326 e. The van der Waals surface area contributed by atoms with Crippen LogP contribution in [0.25, 0.3) is 11.0 Å². The largest absolute Gasteiger partial charge is 0.480 e. The number of carboxylic acids is 1. The zero-order valence-electron chi connectivity index (χ0n) is 12.1. The van der Waals surface area contributed by atoms with Gasteiger partial charge in [-0.2, -0.15) is 4.72 Å². The molecule has 1 unspecified atom stereocenters. The molecule has 0 saturated heterocycles. The maximum Gasteiger partial charge on any atom is 0.326 e. The highest BCUT2D eigenvalue weighted by molar-refractivity contribution is 7.89. The second-order valence-electron chi connectivity index (χ2n) is 5.00. The molecule has 0 amide bonds. The number of hydrogen-bond acceptors (Lipinski definition) is 4. The first-order valence-corrected chi connectivity index (χ1v) is 8.29. The summed E-state index contributed by atoms with van der Waals surface area (Å²) in [5.74, 6) is -2.10. The van der Waals surface area contributed by atoms with E-state index in [-0.39, 0.29) is 10.5 Å². The van der Waals surface area contributed by atoms with E-state index in [0.717, 1.165) is 12.1 Å². The standard InChI is InChI=1S/C15H12FN3O4S/c16-10-4-1-3-9(7-10)13(15(20)21)19-24(22,23)12-8-18-14-11(12)5-2-6-17-14/h1-8,13,19H,(H,17,18)(H,20,21). The van der Waals surface area contributed by atoms with Crippen molar-refractivity contribution < 1.29 is 22.7 Å². The van der Waals surface area contributed by atoms with Gasteiger partial charge in [0.15, 0.2) is 0 Å². The number of H-pyrrole nitrogens is 1. The number of nitrogens with one attached hydrogen (secondary N) is 2. The minimum atomic E-state index is -4.17. The highest BCUT2D eigenvalue weighted by Crippen LogP contribution is 2.23. The van der Waals surface area contributed by atoms with Gasteiger partial charge in [-0.3, -0.25) is 4.79 Å². The van der Waals surface area contributed by atoms with E-state index in [9.17, 15) is 22.7 Å². The molecule has 0 radical (unpaired) electrons. The van der Waals surface area contributed by atoms with E-state index >= 15 is 0 Å². The molecule has 124 valence electrons. The van der Waals surface area contributed by atoms with Crippen molar-refractivity contribution in [2.24, 2.45) is 0 Å². The van der Waals surface area contributed by atoms with E-state index in [1.165, 1.54) is 24.5 Å². The van der Waals surface area contributed by atoms with Crippen molar-refractivity contribution in [1.82, 2.24) is 14.7 Å². The predicted molar refractivity (Wildman–Crippen MR) is 83.2 cm³/mol. The first-order chi connectivity index (χ1) is 11.4. The number of aromatic nitrogens is 2. The van der Waals surface area contributed by atoms with Crippen molar-refractivity contribution in [3.63, 3.8) is 0 Å². The van der Waals surface area contributed by atoms with Crippen LogP contribution in [-0.4, -0.2) is 29.5 Å². The molecule has 1 atom stereocenters. The monoisotopic (exact) mass is 349 g/mol. The molecule has 0 fully saturated rings. The summed E-state index contributed by atoms with van der Waals surface area (Å²) in [7, 11) is -4.17. The van der Waals surface area contributed by atoms with Gasteiger partial charge in [0.25, 0.3) is 0 Å².